The maximum Gasteiger partial charge on any atom is 0.234 e. The van der Waals surface area contributed by atoms with Crippen molar-refractivity contribution in [1.29, 1.82) is 0 Å². The number of hydrogen-bond donors (Lipinski definition) is 1. The molecular formula is C20H25FN2O. The summed E-state index contributed by atoms with van der Waals surface area (Å²) in [6.07, 6.45) is 0. The number of nitrogens with zero attached hydrogens (tertiary/aromatic N) is 1. The Morgan fingerprint density at radius 1 is 1.17 bits per heavy atom. The molecule has 0 bridgehead atoms. The van der Waals surface area contributed by atoms with E-state index < -0.39 is 0 Å². The summed E-state index contributed by atoms with van der Waals surface area (Å²) in [5.74, 6) is -0.312. The molecule has 0 radical (unpaired) electrons. The monoisotopic (exact) mass is 328 g/mol. The van der Waals surface area contributed by atoms with Crippen molar-refractivity contribution in [3.63, 3.8) is 0 Å². The molecule has 0 aliphatic rings. The minimum Gasteiger partial charge on any atom is -0.348 e. The van der Waals surface area contributed by atoms with Gasteiger partial charge in [0.1, 0.15) is 5.82 Å². The lowest BCUT2D eigenvalue weighted by Gasteiger charge is -2.20. The highest BCUT2D eigenvalue weighted by atomic mass is 19.1. The standard InChI is InChI=1S/C20H25FN2O/c1-14-9-10-17(11-15(14)2)16(3)22-20(24)13-23(4)12-18-7-5-6-8-19(18)21/h5-11,16H,12-13H2,1-4H3,(H,22,24). The average Bonchev–Trinajstić information content (AvgIpc) is 2.52. The van der Waals surface area contributed by atoms with Crippen molar-refractivity contribution >= 4 is 5.91 Å². The number of hydrogen-bond acceptors (Lipinski definition) is 2. The van der Waals surface area contributed by atoms with Crippen LogP contribution in [-0.2, 0) is 11.3 Å². The topological polar surface area (TPSA) is 32.3 Å². The van der Waals surface area contributed by atoms with Crippen molar-refractivity contribution in [3.05, 3.63) is 70.5 Å². The first kappa shape index (κ1) is 18.1. The summed E-state index contributed by atoms with van der Waals surface area (Å²) in [5.41, 5.74) is 4.13. The zero-order valence-corrected chi connectivity index (χ0v) is 14.8. The van der Waals surface area contributed by atoms with Gasteiger partial charge in [0.05, 0.1) is 12.6 Å². The van der Waals surface area contributed by atoms with Crippen molar-refractivity contribution in [3.8, 4) is 0 Å². The van der Waals surface area contributed by atoms with Crippen LogP contribution in [0, 0.1) is 19.7 Å². The summed E-state index contributed by atoms with van der Waals surface area (Å²) in [5, 5.41) is 3.00. The van der Waals surface area contributed by atoms with Crippen LogP contribution in [0.15, 0.2) is 42.5 Å². The molecule has 0 fully saturated rings. The Morgan fingerprint density at radius 3 is 2.54 bits per heavy atom. The molecule has 0 aliphatic heterocycles. The van der Waals surface area contributed by atoms with Gasteiger partial charge in [-0.25, -0.2) is 4.39 Å². The van der Waals surface area contributed by atoms with E-state index in [4.69, 9.17) is 0 Å². The third-order valence-corrected chi connectivity index (χ3v) is 4.22. The number of halogens is 1. The second kappa shape index (κ2) is 8.06. The van der Waals surface area contributed by atoms with Gasteiger partial charge >= 0.3 is 0 Å². The molecule has 0 saturated carbocycles. The minimum absolute atomic E-state index is 0.0568. The molecule has 1 atom stereocenters. The van der Waals surface area contributed by atoms with E-state index in [-0.39, 0.29) is 24.3 Å². The molecule has 0 saturated heterocycles. The number of amides is 1. The lowest BCUT2D eigenvalue weighted by Crippen LogP contribution is -2.36. The Hall–Kier alpha value is -2.20. The maximum absolute atomic E-state index is 13.7. The molecule has 2 aromatic carbocycles. The molecule has 4 heteroatoms. The van der Waals surface area contributed by atoms with Gasteiger partial charge in [0.2, 0.25) is 5.91 Å². The predicted molar refractivity (Wildman–Crippen MR) is 95.2 cm³/mol. The number of carbonyl (C=O) groups excluding carboxylic acids is 1. The van der Waals surface area contributed by atoms with E-state index in [2.05, 4.69) is 31.3 Å². The number of benzene rings is 2. The molecule has 3 nitrogen and oxygen atoms in total. The van der Waals surface area contributed by atoms with E-state index in [9.17, 15) is 9.18 Å². The Labute approximate surface area is 143 Å². The fraction of sp³-hybridized carbons (Fsp3) is 0.350. The number of carbonyl (C=O) groups is 1. The highest BCUT2D eigenvalue weighted by molar-refractivity contribution is 5.78. The van der Waals surface area contributed by atoms with Crippen LogP contribution in [0.25, 0.3) is 0 Å². The molecule has 0 heterocycles. The van der Waals surface area contributed by atoms with E-state index in [1.165, 1.54) is 17.2 Å². The second-order valence-electron chi connectivity index (χ2n) is 6.40. The van der Waals surface area contributed by atoms with Gasteiger partial charge in [-0.3, -0.25) is 9.69 Å². The van der Waals surface area contributed by atoms with Gasteiger partial charge in [0.15, 0.2) is 0 Å². The summed E-state index contributed by atoms with van der Waals surface area (Å²) >= 11 is 0. The first-order valence-electron chi connectivity index (χ1n) is 8.15. The fourth-order valence-corrected chi connectivity index (χ4v) is 2.62. The zero-order valence-electron chi connectivity index (χ0n) is 14.8. The summed E-state index contributed by atoms with van der Waals surface area (Å²) in [7, 11) is 1.81. The van der Waals surface area contributed by atoms with Crippen LogP contribution in [-0.4, -0.2) is 24.4 Å². The molecule has 0 aliphatic carbocycles. The van der Waals surface area contributed by atoms with E-state index in [1.807, 2.05) is 20.0 Å². The lowest BCUT2D eigenvalue weighted by atomic mass is 10.0. The lowest BCUT2D eigenvalue weighted by molar-refractivity contribution is -0.122. The van der Waals surface area contributed by atoms with Crippen LogP contribution in [0.5, 0.6) is 0 Å². The molecule has 128 valence electrons. The Bertz CT molecular complexity index is 715. The Morgan fingerprint density at radius 2 is 1.88 bits per heavy atom. The highest BCUT2D eigenvalue weighted by Gasteiger charge is 2.13. The second-order valence-corrected chi connectivity index (χ2v) is 6.40. The molecule has 24 heavy (non-hydrogen) atoms. The van der Waals surface area contributed by atoms with Crippen LogP contribution in [0.4, 0.5) is 4.39 Å². The number of rotatable bonds is 6. The van der Waals surface area contributed by atoms with Crippen LogP contribution in [0.1, 0.15) is 35.2 Å². The minimum atomic E-state index is -0.242. The van der Waals surface area contributed by atoms with E-state index >= 15 is 0 Å². The van der Waals surface area contributed by atoms with Crippen molar-refractivity contribution in [2.45, 2.75) is 33.4 Å². The first-order valence-corrected chi connectivity index (χ1v) is 8.15. The summed E-state index contributed by atoms with van der Waals surface area (Å²) in [4.78, 5) is 14.0. The maximum atomic E-state index is 13.7. The van der Waals surface area contributed by atoms with Crippen molar-refractivity contribution in [2.75, 3.05) is 13.6 Å². The summed E-state index contributed by atoms with van der Waals surface area (Å²) in [6.45, 7) is 6.73. The van der Waals surface area contributed by atoms with Gasteiger partial charge < -0.3 is 5.32 Å². The van der Waals surface area contributed by atoms with Crippen LogP contribution >= 0.6 is 0 Å². The van der Waals surface area contributed by atoms with Gasteiger partial charge in [-0.15, -0.1) is 0 Å². The molecule has 0 spiro atoms. The van der Waals surface area contributed by atoms with Crippen LogP contribution < -0.4 is 5.32 Å². The zero-order chi connectivity index (χ0) is 17.7. The predicted octanol–water partition coefficient (Wildman–Crippen LogP) is 3.75. The third kappa shape index (κ3) is 4.90. The Kier molecular flexibility index (Phi) is 6.10. The summed E-state index contributed by atoms with van der Waals surface area (Å²) in [6, 6.07) is 12.8. The molecule has 2 aromatic rings. The normalized spacial score (nSPS) is 12.2. The quantitative estimate of drug-likeness (QED) is 0.876. The molecule has 1 unspecified atom stereocenters. The first-order chi connectivity index (χ1) is 11.4. The van der Waals surface area contributed by atoms with Crippen LogP contribution in [0.3, 0.4) is 0 Å². The molecular weight excluding hydrogens is 303 g/mol. The largest absolute Gasteiger partial charge is 0.348 e. The van der Waals surface area contributed by atoms with Gasteiger partial charge in [-0.1, -0.05) is 36.4 Å². The Balaban J connectivity index is 1.90. The van der Waals surface area contributed by atoms with Crippen molar-refractivity contribution < 1.29 is 9.18 Å². The fourth-order valence-electron chi connectivity index (χ4n) is 2.62. The van der Waals surface area contributed by atoms with Crippen molar-refractivity contribution in [1.82, 2.24) is 10.2 Å². The molecule has 0 aromatic heterocycles. The van der Waals surface area contributed by atoms with E-state index in [0.29, 0.717) is 12.1 Å². The smallest absolute Gasteiger partial charge is 0.234 e. The molecule has 2 rings (SSSR count). The SMILES string of the molecule is Cc1ccc(C(C)NC(=O)CN(C)Cc2ccccc2F)cc1C. The number of likely N-dealkylation sites (N-methyl/N-ethyl adjacent to an activating group) is 1. The molecule has 1 amide bonds. The van der Waals surface area contributed by atoms with Gasteiger partial charge in [-0.05, 0) is 50.6 Å². The summed E-state index contributed by atoms with van der Waals surface area (Å²) < 4.78 is 13.7. The van der Waals surface area contributed by atoms with Gasteiger partial charge in [0.25, 0.3) is 0 Å². The molecule has 1 N–H and O–H groups in total. The number of aryl methyl sites for hydroxylation is 2. The average molecular weight is 328 g/mol. The van der Waals surface area contributed by atoms with Gasteiger partial charge in [-0.2, -0.15) is 0 Å². The number of nitrogens with one attached hydrogen (secondary N) is 1. The van der Waals surface area contributed by atoms with E-state index in [1.54, 1.807) is 23.1 Å². The van der Waals surface area contributed by atoms with Crippen LogP contribution in [0.2, 0.25) is 0 Å². The van der Waals surface area contributed by atoms with Gasteiger partial charge in [0, 0.05) is 12.1 Å². The highest BCUT2D eigenvalue weighted by Crippen LogP contribution is 2.16. The van der Waals surface area contributed by atoms with E-state index in [0.717, 1.165) is 5.56 Å². The third-order valence-electron chi connectivity index (χ3n) is 4.22. The van der Waals surface area contributed by atoms with Crippen molar-refractivity contribution in [2.24, 2.45) is 0 Å².